The summed E-state index contributed by atoms with van der Waals surface area (Å²) >= 11 is 3.48. The number of carbonyl (C=O) groups excluding carboxylic acids is 1. The summed E-state index contributed by atoms with van der Waals surface area (Å²) in [5.74, 6) is 2.34. The fourth-order valence-corrected chi connectivity index (χ4v) is 4.14. The summed E-state index contributed by atoms with van der Waals surface area (Å²) in [6.07, 6.45) is 4.76. The molecule has 5 rings (SSSR count). The summed E-state index contributed by atoms with van der Waals surface area (Å²) in [5.41, 5.74) is 4.98. The Morgan fingerprint density at radius 1 is 1.00 bits per heavy atom. The van der Waals surface area contributed by atoms with Crippen LogP contribution in [0.3, 0.4) is 0 Å². The van der Waals surface area contributed by atoms with Crippen LogP contribution in [0.15, 0.2) is 88.7 Å². The maximum absolute atomic E-state index is 12.3. The molecule has 0 saturated heterocycles. The zero-order valence-electron chi connectivity index (χ0n) is 20.8. The number of hydrogen-bond donors (Lipinski definition) is 2. The minimum absolute atomic E-state index is 0.479. The normalized spacial score (nSPS) is 10.9. The molecule has 2 aromatic heterocycles. The van der Waals surface area contributed by atoms with Crippen molar-refractivity contribution in [1.29, 1.82) is 0 Å². The van der Waals surface area contributed by atoms with Crippen LogP contribution >= 0.6 is 15.9 Å². The van der Waals surface area contributed by atoms with Crippen LogP contribution in [-0.2, 0) is 0 Å². The molecule has 3 aromatic carbocycles. The van der Waals surface area contributed by atoms with Gasteiger partial charge >= 0.3 is 6.03 Å². The molecular formula is C27H22BrN7O4. The van der Waals surface area contributed by atoms with Gasteiger partial charge in [0.05, 0.1) is 37.8 Å². The molecule has 0 saturated carbocycles. The third-order valence-electron chi connectivity index (χ3n) is 5.52. The summed E-state index contributed by atoms with van der Waals surface area (Å²) in [7, 11) is 3.15. The maximum atomic E-state index is 12.3. The van der Waals surface area contributed by atoms with Gasteiger partial charge in [-0.2, -0.15) is 5.10 Å². The van der Waals surface area contributed by atoms with Gasteiger partial charge in [-0.1, -0.05) is 17.3 Å². The van der Waals surface area contributed by atoms with Gasteiger partial charge in [0.1, 0.15) is 17.2 Å². The first kappa shape index (κ1) is 25.7. The minimum Gasteiger partial charge on any atom is -0.493 e. The summed E-state index contributed by atoms with van der Waals surface area (Å²) in [6, 6.07) is 19.4. The van der Waals surface area contributed by atoms with Crippen molar-refractivity contribution in [2.75, 3.05) is 19.5 Å². The van der Waals surface area contributed by atoms with Crippen molar-refractivity contribution in [3.63, 3.8) is 0 Å². The molecule has 11 nitrogen and oxygen atoms in total. The highest BCUT2D eigenvalue weighted by Gasteiger charge is 2.12. The lowest BCUT2D eigenvalue weighted by Gasteiger charge is -2.12. The number of anilines is 1. The molecule has 0 atom stereocenters. The van der Waals surface area contributed by atoms with Crippen molar-refractivity contribution in [3.8, 4) is 28.7 Å². The Morgan fingerprint density at radius 2 is 1.77 bits per heavy atom. The van der Waals surface area contributed by atoms with E-state index in [9.17, 15) is 4.79 Å². The van der Waals surface area contributed by atoms with Crippen LogP contribution in [0.25, 0.3) is 16.6 Å². The molecule has 5 aromatic rings. The minimum atomic E-state index is -0.515. The fraction of sp³-hybridized carbons (Fsp3) is 0.0741. The molecule has 2 amide bonds. The summed E-state index contributed by atoms with van der Waals surface area (Å²) in [4.78, 5) is 16.7. The zero-order chi connectivity index (χ0) is 27.2. The van der Waals surface area contributed by atoms with Crippen LogP contribution in [0, 0.1) is 0 Å². The number of nitrogens with zero attached hydrogens (tertiary/aromatic N) is 5. The van der Waals surface area contributed by atoms with Crippen LogP contribution in [0.4, 0.5) is 10.5 Å². The number of rotatable bonds is 8. The van der Waals surface area contributed by atoms with Gasteiger partial charge in [0.25, 0.3) is 0 Å². The van der Waals surface area contributed by atoms with Gasteiger partial charge in [-0.05, 0) is 64.5 Å². The van der Waals surface area contributed by atoms with Gasteiger partial charge in [-0.3, -0.25) is 4.98 Å². The molecule has 0 unspecified atom stereocenters. The zero-order valence-corrected chi connectivity index (χ0v) is 22.4. The Hall–Kier alpha value is -4.97. The second-order valence-electron chi connectivity index (χ2n) is 8.02. The van der Waals surface area contributed by atoms with E-state index in [-0.39, 0.29) is 0 Å². The van der Waals surface area contributed by atoms with Crippen molar-refractivity contribution >= 4 is 44.8 Å². The van der Waals surface area contributed by atoms with E-state index in [0.29, 0.717) is 39.9 Å². The average Bonchev–Trinajstić information content (AvgIpc) is 3.42. The van der Waals surface area contributed by atoms with Crippen molar-refractivity contribution in [1.82, 2.24) is 25.4 Å². The number of fused-ring (bicyclic) bond motifs is 1. The van der Waals surface area contributed by atoms with Gasteiger partial charge in [0.15, 0.2) is 11.5 Å². The van der Waals surface area contributed by atoms with Crippen LogP contribution in [0.1, 0.15) is 5.69 Å². The number of para-hydroxylation sites is 1. The Bertz CT molecular complexity index is 1650. The predicted molar refractivity (Wildman–Crippen MR) is 150 cm³/mol. The second-order valence-corrected chi connectivity index (χ2v) is 8.88. The molecule has 0 spiro atoms. The van der Waals surface area contributed by atoms with Gasteiger partial charge in [-0.25, -0.2) is 14.9 Å². The first-order valence-corrected chi connectivity index (χ1v) is 12.4. The molecule has 2 N–H and O–H groups in total. The van der Waals surface area contributed by atoms with Gasteiger partial charge < -0.3 is 19.5 Å². The number of hydrazone groups is 1. The maximum Gasteiger partial charge on any atom is 0.339 e. The van der Waals surface area contributed by atoms with Crippen molar-refractivity contribution < 1.29 is 19.0 Å². The van der Waals surface area contributed by atoms with Crippen molar-refractivity contribution in [2.24, 2.45) is 5.10 Å². The largest absolute Gasteiger partial charge is 0.493 e. The molecule has 2 heterocycles. The molecule has 0 fully saturated rings. The number of methoxy groups -OCH3 is 2. The summed E-state index contributed by atoms with van der Waals surface area (Å²) < 4.78 is 19.3. The number of hydrogen-bond acceptors (Lipinski definition) is 8. The highest BCUT2D eigenvalue weighted by Crippen LogP contribution is 2.37. The average molecular weight is 588 g/mol. The van der Waals surface area contributed by atoms with E-state index in [1.54, 1.807) is 67.7 Å². The van der Waals surface area contributed by atoms with E-state index in [4.69, 9.17) is 14.2 Å². The third-order valence-corrected chi connectivity index (χ3v) is 6.19. The van der Waals surface area contributed by atoms with E-state index < -0.39 is 6.03 Å². The lowest BCUT2D eigenvalue weighted by Crippen LogP contribution is -2.24. The predicted octanol–water partition coefficient (Wildman–Crippen LogP) is 5.54. The first-order valence-electron chi connectivity index (χ1n) is 11.6. The number of benzene rings is 3. The smallest absolute Gasteiger partial charge is 0.339 e. The van der Waals surface area contributed by atoms with Crippen LogP contribution < -0.4 is 25.0 Å². The molecule has 0 aliphatic heterocycles. The van der Waals surface area contributed by atoms with Crippen molar-refractivity contribution in [3.05, 3.63) is 89.3 Å². The van der Waals surface area contributed by atoms with E-state index >= 15 is 0 Å². The first-order chi connectivity index (χ1) is 19.0. The van der Waals surface area contributed by atoms with Gasteiger partial charge in [0.2, 0.25) is 0 Å². The Morgan fingerprint density at radius 3 is 2.54 bits per heavy atom. The Labute approximate surface area is 231 Å². The lowest BCUT2D eigenvalue weighted by molar-refractivity contribution is 0.252. The number of pyridine rings is 1. The highest BCUT2D eigenvalue weighted by molar-refractivity contribution is 9.10. The standard InChI is InChI=1S/C27H22BrN7O4/c1-37-25-13-20-22(14-26(25)38-2)29-12-11-24(20)39-19-9-7-17(8-10-19)31-27(36)33-30-15-18-16-35(34-32-18)23-6-4-3-5-21(23)28/h3-16H,1-2H3,(H2,31,33,36)/b30-15+. The van der Waals surface area contributed by atoms with Gasteiger partial charge in [0, 0.05) is 27.8 Å². The van der Waals surface area contributed by atoms with Gasteiger partial charge in [-0.15, -0.1) is 5.10 Å². The molecule has 12 heteroatoms. The number of halogens is 1. The van der Waals surface area contributed by atoms with E-state index in [1.165, 1.54) is 6.21 Å². The number of ether oxygens (including phenoxy) is 3. The number of amides is 2. The third kappa shape index (κ3) is 5.96. The topological polar surface area (TPSA) is 125 Å². The monoisotopic (exact) mass is 587 g/mol. The molecule has 0 radical (unpaired) electrons. The molecular weight excluding hydrogens is 566 g/mol. The van der Waals surface area contributed by atoms with E-state index in [1.807, 2.05) is 30.3 Å². The van der Waals surface area contributed by atoms with E-state index in [0.717, 1.165) is 15.5 Å². The number of carbonyl (C=O) groups is 1. The molecule has 0 aliphatic rings. The number of nitrogens with one attached hydrogen (secondary N) is 2. The van der Waals surface area contributed by atoms with Crippen LogP contribution in [0.2, 0.25) is 0 Å². The summed E-state index contributed by atoms with van der Waals surface area (Å²) in [6.45, 7) is 0. The van der Waals surface area contributed by atoms with Crippen LogP contribution in [0.5, 0.6) is 23.0 Å². The highest BCUT2D eigenvalue weighted by atomic mass is 79.9. The molecule has 196 valence electrons. The van der Waals surface area contributed by atoms with Crippen LogP contribution in [-0.4, -0.2) is 46.4 Å². The number of urea groups is 1. The van der Waals surface area contributed by atoms with Crippen molar-refractivity contribution in [2.45, 2.75) is 0 Å². The quantitative estimate of drug-likeness (QED) is 0.180. The Balaban J connectivity index is 1.19. The molecule has 0 bridgehead atoms. The summed E-state index contributed by atoms with van der Waals surface area (Å²) in [5, 5.41) is 15.5. The van der Waals surface area contributed by atoms with E-state index in [2.05, 4.69) is 47.1 Å². The Kier molecular flexibility index (Phi) is 7.64. The molecule has 39 heavy (non-hydrogen) atoms. The lowest BCUT2D eigenvalue weighted by atomic mass is 10.2. The fourth-order valence-electron chi connectivity index (χ4n) is 3.68. The number of aromatic nitrogens is 4. The molecule has 0 aliphatic carbocycles. The SMILES string of the molecule is COc1cc2nccc(Oc3ccc(NC(=O)N/N=C/c4cn(-c5ccccc5Br)nn4)cc3)c2cc1OC. The second kappa shape index (κ2) is 11.6.